The van der Waals surface area contributed by atoms with Crippen molar-refractivity contribution in [2.45, 2.75) is 25.7 Å². The monoisotopic (exact) mass is 343 g/mol. The van der Waals surface area contributed by atoms with Gasteiger partial charge in [-0.1, -0.05) is 34.1 Å². The maximum Gasteiger partial charge on any atom is 0.0797 e. The number of rotatable bonds is 5. The van der Waals surface area contributed by atoms with Gasteiger partial charge in [0.15, 0.2) is 0 Å². The summed E-state index contributed by atoms with van der Waals surface area (Å²) in [6.45, 7) is 2.07. The Balaban J connectivity index is 2.07. The number of halogens is 2. The lowest BCUT2D eigenvalue weighted by molar-refractivity contribution is 0.685. The maximum atomic E-state index is 6.12. The zero-order valence-corrected chi connectivity index (χ0v) is 13.4. The molecular weight excluding hydrogens is 330 g/mol. The van der Waals surface area contributed by atoms with Crippen molar-refractivity contribution in [1.82, 2.24) is 4.98 Å². The average Bonchev–Trinajstić information content (AvgIpc) is 2.78. The van der Waals surface area contributed by atoms with Gasteiger partial charge in [-0.05, 0) is 37.3 Å². The molecule has 1 nitrogen and oxygen atoms in total. The molecule has 0 saturated carbocycles. The van der Waals surface area contributed by atoms with Crippen molar-refractivity contribution in [2.24, 2.45) is 0 Å². The highest BCUT2D eigenvalue weighted by molar-refractivity contribution is 9.10. The molecule has 0 bridgehead atoms. The number of thiazole rings is 1. The molecule has 0 N–H and O–H groups in total. The third-order valence-corrected chi connectivity index (χ3v) is 5.19. The average molecular weight is 345 g/mol. The summed E-state index contributed by atoms with van der Waals surface area (Å²) in [5, 5.41) is 0. The molecule has 1 unspecified atom stereocenters. The largest absolute Gasteiger partial charge is 0.250 e. The molecule has 0 radical (unpaired) electrons. The second-order valence-electron chi connectivity index (χ2n) is 4.27. The van der Waals surface area contributed by atoms with Crippen LogP contribution in [-0.4, -0.2) is 10.9 Å². The van der Waals surface area contributed by atoms with Gasteiger partial charge in [0.25, 0.3) is 0 Å². The SMILES string of the molecule is Cc1ncsc1CCC(CCl)c1ccccc1Br. The van der Waals surface area contributed by atoms with Gasteiger partial charge in [0.1, 0.15) is 0 Å². The Morgan fingerprint density at radius 3 is 2.78 bits per heavy atom. The topological polar surface area (TPSA) is 12.9 Å². The van der Waals surface area contributed by atoms with Crippen LogP contribution in [0.2, 0.25) is 0 Å². The molecule has 0 aliphatic heterocycles. The summed E-state index contributed by atoms with van der Waals surface area (Å²) in [4.78, 5) is 5.66. The van der Waals surface area contributed by atoms with Crippen molar-refractivity contribution in [3.8, 4) is 0 Å². The number of hydrogen-bond acceptors (Lipinski definition) is 2. The van der Waals surface area contributed by atoms with E-state index in [0.29, 0.717) is 11.8 Å². The number of alkyl halides is 1. The molecule has 4 heteroatoms. The minimum atomic E-state index is 0.392. The molecule has 2 rings (SSSR count). The van der Waals surface area contributed by atoms with E-state index in [4.69, 9.17) is 11.6 Å². The van der Waals surface area contributed by atoms with Crippen LogP contribution in [0.5, 0.6) is 0 Å². The highest BCUT2D eigenvalue weighted by Crippen LogP contribution is 2.30. The lowest BCUT2D eigenvalue weighted by Gasteiger charge is -2.15. The summed E-state index contributed by atoms with van der Waals surface area (Å²) in [5.41, 5.74) is 4.37. The van der Waals surface area contributed by atoms with Crippen LogP contribution in [0.3, 0.4) is 0 Å². The second-order valence-corrected chi connectivity index (χ2v) is 6.37. The molecule has 0 aliphatic carbocycles. The standard InChI is InChI=1S/C14H15BrClNS/c1-10-14(18-9-17-10)7-6-11(8-16)12-4-2-3-5-13(12)15/h2-5,9,11H,6-8H2,1H3. The quantitative estimate of drug-likeness (QED) is 0.682. The van der Waals surface area contributed by atoms with E-state index < -0.39 is 0 Å². The molecule has 1 atom stereocenters. The first kappa shape index (κ1) is 14.0. The van der Waals surface area contributed by atoms with Crippen LogP contribution < -0.4 is 0 Å². The fraction of sp³-hybridized carbons (Fsp3) is 0.357. The van der Waals surface area contributed by atoms with Gasteiger partial charge < -0.3 is 0 Å². The number of nitrogens with zero attached hydrogens (tertiary/aromatic N) is 1. The van der Waals surface area contributed by atoms with Gasteiger partial charge in [-0.2, -0.15) is 0 Å². The molecule has 96 valence electrons. The van der Waals surface area contributed by atoms with E-state index in [9.17, 15) is 0 Å². The Morgan fingerprint density at radius 1 is 1.39 bits per heavy atom. The van der Waals surface area contributed by atoms with Crippen molar-refractivity contribution in [2.75, 3.05) is 5.88 Å². The van der Waals surface area contributed by atoms with Crippen molar-refractivity contribution in [1.29, 1.82) is 0 Å². The Bertz CT molecular complexity index is 512. The zero-order valence-electron chi connectivity index (χ0n) is 10.2. The number of aryl methyl sites for hydroxylation is 2. The van der Waals surface area contributed by atoms with Gasteiger partial charge in [-0.15, -0.1) is 22.9 Å². The van der Waals surface area contributed by atoms with Crippen LogP contribution in [-0.2, 0) is 6.42 Å². The minimum Gasteiger partial charge on any atom is -0.250 e. The van der Waals surface area contributed by atoms with Crippen LogP contribution in [0.4, 0.5) is 0 Å². The molecule has 1 aromatic heterocycles. The fourth-order valence-electron chi connectivity index (χ4n) is 1.99. The molecule has 0 spiro atoms. The van der Waals surface area contributed by atoms with Crippen LogP contribution in [0, 0.1) is 6.92 Å². The number of hydrogen-bond donors (Lipinski definition) is 0. The molecule has 2 aromatic rings. The van der Waals surface area contributed by atoms with Gasteiger partial charge in [-0.25, -0.2) is 4.98 Å². The number of aromatic nitrogens is 1. The van der Waals surface area contributed by atoms with Crippen LogP contribution in [0.25, 0.3) is 0 Å². The molecule has 1 heterocycles. The third kappa shape index (κ3) is 3.34. The molecule has 0 fully saturated rings. The lowest BCUT2D eigenvalue weighted by atomic mass is 9.95. The van der Waals surface area contributed by atoms with Crippen LogP contribution in [0.15, 0.2) is 34.2 Å². The predicted octanol–water partition coefficient (Wildman–Crippen LogP) is 5.17. The third-order valence-electron chi connectivity index (χ3n) is 3.10. The van der Waals surface area contributed by atoms with E-state index in [1.165, 1.54) is 10.4 Å². The molecule has 18 heavy (non-hydrogen) atoms. The molecule has 0 amide bonds. The lowest BCUT2D eigenvalue weighted by Crippen LogP contribution is -2.03. The summed E-state index contributed by atoms with van der Waals surface area (Å²) in [6, 6.07) is 8.33. The van der Waals surface area contributed by atoms with Gasteiger partial charge in [0, 0.05) is 15.2 Å². The van der Waals surface area contributed by atoms with Gasteiger partial charge in [0.05, 0.1) is 11.2 Å². The summed E-state index contributed by atoms with van der Waals surface area (Å²) in [7, 11) is 0. The van der Waals surface area contributed by atoms with Crippen LogP contribution in [0.1, 0.15) is 28.5 Å². The second kappa shape index (κ2) is 6.69. The van der Waals surface area contributed by atoms with E-state index in [1.807, 2.05) is 11.6 Å². The highest BCUT2D eigenvalue weighted by Gasteiger charge is 2.14. The van der Waals surface area contributed by atoms with Crippen molar-refractivity contribution >= 4 is 38.9 Å². The Morgan fingerprint density at radius 2 is 2.17 bits per heavy atom. The predicted molar refractivity (Wildman–Crippen MR) is 82.8 cm³/mol. The van der Waals surface area contributed by atoms with Gasteiger partial charge in [0.2, 0.25) is 0 Å². The van der Waals surface area contributed by atoms with E-state index in [2.05, 4.69) is 46.0 Å². The fourth-order valence-corrected chi connectivity index (χ4v) is 3.72. The van der Waals surface area contributed by atoms with E-state index >= 15 is 0 Å². The van der Waals surface area contributed by atoms with Crippen LogP contribution >= 0.6 is 38.9 Å². The molecule has 0 saturated heterocycles. The Kier molecular flexibility index (Phi) is 5.22. The first-order chi connectivity index (χ1) is 8.72. The van der Waals surface area contributed by atoms with E-state index in [0.717, 1.165) is 23.0 Å². The highest BCUT2D eigenvalue weighted by atomic mass is 79.9. The Hall–Kier alpha value is -0.380. The smallest absolute Gasteiger partial charge is 0.0797 e. The maximum absolute atomic E-state index is 6.12. The summed E-state index contributed by atoms with van der Waals surface area (Å²) in [6.07, 6.45) is 2.12. The normalized spacial score (nSPS) is 12.6. The number of benzene rings is 1. The summed E-state index contributed by atoms with van der Waals surface area (Å²) >= 11 is 11.5. The molecule has 0 aliphatic rings. The van der Waals surface area contributed by atoms with Gasteiger partial charge in [-0.3, -0.25) is 0 Å². The molecule has 1 aromatic carbocycles. The van der Waals surface area contributed by atoms with Gasteiger partial charge >= 0.3 is 0 Å². The van der Waals surface area contributed by atoms with E-state index in [1.54, 1.807) is 11.3 Å². The van der Waals surface area contributed by atoms with Crippen molar-refractivity contribution in [3.63, 3.8) is 0 Å². The zero-order chi connectivity index (χ0) is 13.0. The minimum absolute atomic E-state index is 0.392. The van der Waals surface area contributed by atoms with E-state index in [-0.39, 0.29) is 0 Å². The van der Waals surface area contributed by atoms with Crippen molar-refractivity contribution < 1.29 is 0 Å². The molecular formula is C14H15BrClNS. The first-order valence-electron chi connectivity index (χ1n) is 5.91. The summed E-state index contributed by atoms with van der Waals surface area (Å²) in [5.74, 6) is 1.05. The first-order valence-corrected chi connectivity index (χ1v) is 8.12. The summed E-state index contributed by atoms with van der Waals surface area (Å²) < 4.78 is 1.15. The Labute approximate surface area is 125 Å². The van der Waals surface area contributed by atoms with Crippen molar-refractivity contribution in [3.05, 3.63) is 50.4 Å².